The van der Waals surface area contributed by atoms with Gasteiger partial charge in [-0.2, -0.15) is 5.10 Å². The van der Waals surface area contributed by atoms with Crippen molar-refractivity contribution in [2.75, 3.05) is 14.2 Å². The second kappa shape index (κ2) is 8.60. The summed E-state index contributed by atoms with van der Waals surface area (Å²) < 4.78 is 7.46. The zero-order valence-electron chi connectivity index (χ0n) is 18.3. The van der Waals surface area contributed by atoms with Crippen LogP contribution in [0.2, 0.25) is 0 Å². The van der Waals surface area contributed by atoms with E-state index in [0.717, 1.165) is 40.0 Å². The van der Waals surface area contributed by atoms with Gasteiger partial charge >= 0.3 is 0 Å². The van der Waals surface area contributed by atoms with Crippen molar-refractivity contribution in [2.24, 2.45) is 0 Å². The molecular weight excluding hydrogens is 388 g/mol. The largest absolute Gasteiger partial charge is 0.496 e. The summed E-state index contributed by atoms with van der Waals surface area (Å²) in [4.78, 5) is 20.1. The molecule has 31 heavy (non-hydrogen) atoms. The molecule has 4 aromatic rings. The molecule has 0 bridgehead atoms. The lowest BCUT2D eigenvalue weighted by molar-refractivity contribution is 0.0787. The summed E-state index contributed by atoms with van der Waals surface area (Å²) in [6.07, 6.45) is 1.84. The van der Waals surface area contributed by atoms with Gasteiger partial charge in [-0.05, 0) is 38.1 Å². The second-order valence-corrected chi connectivity index (χ2v) is 7.50. The van der Waals surface area contributed by atoms with Crippen molar-refractivity contribution in [3.8, 4) is 17.0 Å². The molecule has 1 amide bonds. The molecule has 6 nitrogen and oxygen atoms in total. The fourth-order valence-electron chi connectivity index (χ4n) is 3.84. The number of ether oxygens (including phenoxy) is 1. The average Bonchev–Trinajstić information content (AvgIpc) is 3.16. The molecule has 0 atom stereocenters. The highest BCUT2D eigenvalue weighted by molar-refractivity contribution is 6.07. The van der Waals surface area contributed by atoms with E-state index < -0.39 is 0 Å². The Morgan fingerprint density at radius 2 is 1.87 bits per heavy atom. The average molecular weight is 415 g/mol. The van der Waals surface area contributed by atoms with Crippen LogP contribution in [0, 0.1) is 6.92 Å². The summed E-state index contributed by atoms with van der Waals surface area (Å²) in [6.45, 7) is 5.39. The van der Waals surface area contributed by atoms with Crippen molar-refractivity contribution in [3.63, 3.8) is 0 Å². The molecule has 0 unspecified atom stereocenters. The van der Waals surface area contributed by atoms with Crippen LogP contribution in [0.3, 0.4) is 0 Å². The van der Waals surface area contributed by atoms with Gasteiger partial charge in [-0.15, -0.1) is 0 Å². The fraction of sp³-hybridized carbons (Fsp3) is 0.240. The third-order valence-electron chi connectivity index (χ3n) is 5.59. The van der Waals surface area contributed by atoms with Crippen molar-refractivity contribution < 1.29 is 9.53 Å². The van der Waals surface area contributed by atoms with E-state index in [4.69, 9.17) is 9.72 Å². The van der Waals surface area contributed by atoms with Crippen LogP contribution in [0.1, 0.15) is 28.5 Å². The summed E-state index contributed by atoms with van der Waals surface area (Å²) in [5, 5.41) is 5.23. The SMILES string of the molecule is CCn1ncc(CN(C)C(=O)c2cc(-c3ccccc3OC)nc3ccccc23)c1C. The number of hydrogen-bond acceptors (Lipinski definition) is 4. The quantitative estimate of drug-likeness (QED) is 0.459. The molecule has 158 valence electrons. The highest BCUT2D eigenvalue weighted by Crippen LogP contribution is 2.31. The maximum atomic E-state index is 13.5. The summed E-state index contributed by atoms with van der Waals surface area (Å²) in [7, 11) is 3.46. The maximum absolute atomic E-state index is 13.5. The minimum Gasteiger partial charge on any atom is -0.496 e. The number of methoxy groups -OCH3 is 1. The van der Waals surface area contributed by atoms with E-state index in [1.807, 2.05) is 79.4 Å². The Labute approximate surface area is 182 Å². The first-order valence-electron chi connectivity index (χ1n) is 10.3. The minimum atomic E-state index is -0.0570. The molecule has 0 aliphatic carbocycles. The van der Waals surface area contributed by atoms with E-state index in [1.54, 1.807) is 12.0 Å². The van der Waals surface area contributed by atoms with E-state index in [0.29, 0.717) is 17.8 Å². The molecule has 6 heteroatoms. The molecule has 2 aromatic carbocycles. The predicted octanol–water partition coefficient (Wildman–Crippen LogP) is 4.71. The Kier molecular flexibility index (Phi) is 5.71. The van der Waals surface area contributed by atoms with E-state index in [2.05, 4.69) is 12.0 Å². The topological polar surface area (TPSA) is 60.2 Å². The van der Waals surface area contributed by atoms with Crippen molar-refractivity contribution in [3.05, 3.63) is 77.6 Å². The van der Waals surface area contributed by atoms with Gasteiger partial charge in [0.25, 0.3) is 5.91 Å². The number of aromatic nitrogens is 3. The summed E-state index contributed by atoms with van der Waals surface area (Å²) in [6, 6.07) is 17.3. The number of carbonyl (C=O) groups excluding carboxylic acids is 1. The molecule has 4 rings (SSSR count). The molecule has 0 saturated heterocycles. The summed E-state index contributed by atoms with van der Waals surface area (Å²) in [5.41, 5.74) is 5.08. The molecular formula is C25H26N4O2. The Balaban J connectivity index is 1.76. The first-order valence-corrected chi connectivity index (χ1v) is 10.3. The third kappa shape index (κ3) is 3.89. The van der Waals surface area contributed by atoms with Crippen LogP contribution in [0.4, 0.5) is 0 Å². The van der Waals surface area contributed by atoms with E-state index in [1.165, 1.54) is 0 Å². The number of fused-ring (bicyclic) bond motifs is 1. The maximum Gasteiger partial charge on any atom is 0.254 e. The molecule has 2 heterocycles. The number of amides is 1. The second-order valence-electron chi connectivity index (χ2n) is 7.50. The van der Waals surface area contributed by atoms with Crippen LogP contribution in [0.15, 0.2) is 60.8 Å². The van der Waals surface area contributed by atoms with Gasteiger partial charge in [0.05, 0.1) is 30.1 Å². The van der Waals surface area contributed by atoms with Crippen LogP contribution in [0.25, 0.3) is 22.2 Å². The van der Waals surface area contributed by atoms with Crippen molar-refractivity contribution in [1.82, 2.24) is 19.7 Å². The highest BCUT2D eigenvalue weighted by Gasteiger charge is 2.20. The van der Waals surface area contributed by atoms with Gasteiger partial charge < -0.3 is 9.64 Å². The highest BCUT2D eigenvalue weighted by atomic mass is 16.5. The molecule has 0 N–H and O–H groups in total. The lowest BCUT2D eigenvalue weighted by Crippen LogP contribution is -2.26. The number of para-hydroxylation sites is 2. The van der Waals surface area contributed by atoms with Gasteiger partial charge in [-0.1, -0.05) is 30.3 Å². The third-order valence-corrected chi connectivity index (χ3v) is 5.59. The number of rotatable bonds is 6. The van der Waals surface area contributed by atoms with E-state index >= 15 is 0 Å². The van der Waals surface area contributed by atoms with Crippen molar-refractivity contribution in [1.29, 1.82) is 0 Å². The Hall–Kier alpha value is -3.67. The zero-order valence-corrected chi connectivity index (χ0v) is 18.3. The van der Waals surface area contributed by atoms with Gasteiger partial charge in [0, 0.05) is 42.3 Å². The molecule has 0 aliphatic heterocycles. The molecule has 0 aliphatic rings. The number of pyridine rings is 1. The van der Waals surface area contributed by atoms with Gasteiger partial charge in [0.2, 0.25) is 0 Å². The van der Waals surface area contributed by atoms with Crippen molar-refractivity contribution in [2.45, 2.75) is 26.9 Å². The van der Waals surface area contributed by atoms with Crippen LogP contribution in [-0.4, -0.2) is 39.7 Å². The molecule has 0 radical (unpaired) electrons. The number of benzene rings is 2. The zero-order chi connectivity index (χ0) is 22.0. The fourth-order valence-corrected chi connectivity index (χ4v) is 3.84. The lowest BCUT2D eigenvalue weighted by Gasteiger charge is -2.19. The predicted molar refractivity (Wildman–Crippen MR) is 122 cm³/mol. The van der Waals surface area contributed by atoms with Gasteiger partial charge in [0.1, 0.15) is 5.75 Å². The monoisotopic (exact) mass is 414 g/mol. The minimum absolute atomic E-state index is 0.0570. The number of hydrogen-bond donors (Lipinski definition) is 0. The first kappa shape index (κ1) is 20.6. The normalized spacial score (nSPS) is 11.0. The summed E-state index contributed by atoms with van der Waals surface area (Å²) >= 11 is 0. The number of nitrogens with zero attached hydrogens (tertiary/aromatic N) is 4. The molecule has 2 aromatic heterocycles. The first-order chi connectivity index (χ1) is 15.0. The number of aryl methyl sites for hydroxylation is 1. The van der Waals surface area contributed by atoms with Crippen molar-refractivity contribution >= 4 is 16.8 Å². The van der Waals surface area contributed by atoms with Crippen LogP contribution >= 0.6 is 0 Å². The van der Waals surface area contributed by atoms with Gasteiger partial charge in [-0.25, -0.2) is 4.98 Å². The lowest BCUT2D eigenvalue weighted by atomic mass is 10.0. The van der Waals surface area contributed by atoms with E-state index in [9.17, 15) is 4.79 Å². The Morgan fingerprint density at radius 1 is 1.13 bits per heavy atom. The standard InChI is InChI=1S/C25H26N4O2/c1-5-29-17(2)18(15-26-29)16-28(3)25(30)21-14-23(20-11-7-9-13-24(20)31-4)27-22-12-8-6-10-19(21)22/h6-15H,5,16H2,1-4H3. The molecule has 0 fully saturated rings. The Bertz CT molecular complexity index is 1250. The van der Waals surface area contributed by atoms with Gasteiger partial charge in [0.15, 0.2) is 0 Å². The Morgan fingerprint density at radius 3 is 2.61 bits per heavy atom. The smallest absolute Gasteiger partial charge is 0.254 e. The molecule has 0 spiro atoms. The molecule has 0 saturated carbocycles. The van der Waals surface area contributed by atoms with Crippen LogP contribution in [0.5, 0.6) is 5.75 Å². The van der Waals surface area contributed by atoms with Crippen LogP contribution < -0.4 is 4.74 Å². The van der Waals surface area contributed by atoms with Gasteiger partial charge in [-0.3, -0.25) is 9.48 Å². The van der Waals surface area contributed by atoms with E-state index in [-0.39, 0.29) is 5.91 Å². The van der Waals surface area contributed by atoms with Crippen LogP contribution in [-0.2, 0) is 13.1 Å². The summed E-state index contributed by atoms with van der Waals surface area (Å²) in [5.74, 6) is 0.665. The number of carbonyl (C=O) groups is 1.